The first-order valence-electron chi connectivity index (χ1n) is 7.14. The molecule has 0 spiro atoms. The molecule has 1 aromatic carbocycles. The molecule has 100 valence electrons. The minimum absolute atomic E-state index is 0.120. The number of rotatable bonds is 3. The molecule has 0 aromatic heterocycles. The van der Waals surface area contributed by atoms with Gasteiger partial charge in [0, 0.05) is 4.83 Å². The molecule has 1 unspecified atom stereocenters. The molecule has 1 atom stereocenters. The lowest BCUT2D eigenvalue weighted by Crippen LogP contribution is -2.18. The highest BCUT2D eigenvalue weighted by atomic mass is 79.9. The van der Waals surface area contributed by atoms with E-state index in [-0.39, 0.29) is 5.82 Å². The highest BCUT2D eigenvalue weighted by Gasteiger charge is 2.20. The van der Waals surface area contributed by atoms with Crippen LogP contribution < -0.4 is 0 Å². The molecule has 1 aliphatic carbocycles. The van der Waals surface area contributed by atoms with Crippen molar-refractivity contribution in [2.75, 3.05) is 0 Å². The summed E-state index contributed by atoms with van der Waals surface area (Å²) in [6, 6.07) is 7.02. The predicted octanol–water partition coefficient (Wildman–Crippen LogP) is 5.49. The largest absolute Gasteiger partial charge is 0.207 e. The molecule has 0 aliphatic heterocycles. The number of alkyl halides is 1. The van der Waals surface area contributed by atoms with Crippen molar-refractivity contribution in [3.05, 3.63) is 35.6 Å². The summed E-state index contributed by atoms with van der Waals surface area (Å²) in [6.07, 6.45) is 10.5. The Balaban J connectivity index is 1.91. The van der Waals surface area contributed by atoms with Gasteiger partial charge in [-0.1, -0.05) is 60.2 Å². The number of hydrogen-bond acceptors (Lipinski definition) is 0. The molecule has 1 aromatic rings. The van der Waals surface area contributed by atoms with Crippen molar-refractivity contribution in [1.82, 2.24) is 0 Å². The third-order valence-electron chi connectivity index (χ3n) is 3.98. The molecule has 1 saturated carbocycles. The average Bonchev–Trinajstić information content (AvgIpc) is 2.28. The van der Waals surface area contributed by atoms with E-state index >= 15 is 0 Å². The Hall–Kier alpha value is -0.370. The summed E-state index contributed by atoms with van der Waals surface area (Å²) in [4.78, 5) is 0.498. The third kappa shape index (κ3) is 4.38. The molecular formula is C16H22BrF. The van der Waals surface area contributed by atoms with Crippen LogP contribution >= 0.6 is 15.9 Å². The van der Waals surface area contributed by atoms with Gasteiger partial charge in [0.2, 0.25) is 0 Å². The van der Waals surface area contributed by atoms with E-state index < -0.39 is 0 Å². The molecule has 0 N–H and O–H groups in total. The molecule has 0 heterocycles. The Bertz CT molecular complexity index is 356. The topological polar surface area (TPSA) is 0 Å². The highest BCUT2D eigenvalue weighted by molar-refractivity contribution is 9.09. The Labute approximate surface area is 118 Å². The summed E-state index contributed by atoms with van der Waals surface area (Å²) in [5.74, 6) is 0.637. The van der Waals surface area contributed by atoms with E-state index in [2.05, 4.69) is 15.9 Å². The van der Waals surface area contributed by atoms with Gasteiger partial charge in [0.05, 0.1) is 0 Å². The van der Waals surface area contributed by atoms with E-state index in [9.17, 15) is 4.39 Å². The fourth-order valence-corrected chi connectivity index (χ4v) is 3.81. The van der Waals surface area contributed by atoms with E-state index in [1.807, 2.05) is 12.1 Å². The molecule has 2 rings (SSSR count). The van der Waals surface area contributed by atoms with Crippen LogP contribution in [0.2, 0.25) is 0 Å². The minimum Gasteiger partial charge on any atom is -0.207 e. The second-order valence-corrected chi connectivity index (χ2v) is 6.63. The lowest BCUT2D eigenvalue weighted by molar-refractivity contribution is 0.370. The zero-order valence-electron chi connectivity index (χ0n) is 10.9. The summed E-state index contributed by atoms with van der Waals surface area (Å²) in [5.41, 5.74) is 1.11. The quantitative estimate of drug-likeness (QED) is 0.647. The van der Waals surface area contributed by atoms with Crippen molar-refractivity contribution in [2.24, 2.45) is 5.92 Å². The van der Waals surface area contributed by atoms with Gasteiger partial charge in [-0.15, -0.1) is 0 Å². The van der Waals surface area contributed by atoms with Crippen molar-refractivity contribution in [2.45, 2.75) is 56.2 Å². The molecule has 0 radical (unpaired) electrons. The van der Waals surface area contributed by atoms with Crippen LogP contribution in [0.5, 0.6) is 0 Å². The van der Waals surface area contributed by atoms with Crippen LogP contribution in [0.4, 0.5) is 4.39 Å². The summed E-state index contributed by atoms with van der Waals surface area (Å²) >= 11 is 3.84. The van der Waals surface area contributed by atoms with Crippen LogP contribution in [0.3, 0.4) is 0 Å². The van der Waals surface area contributed by atoms with E-state index in [1.54, 1.807) is 6.07 Å². The highest BCUT2D eigenvalue weighted by Crippen LogP contribution is 2.30. The predicted molar refractivity (Wildman–Crippen MR) is 78.6 cm³/mol. The molecule has 0 amide bonds. The standard InChI is InChI=1S/C16H22BrF/c17-16(12-13-7-6-10-15(18)11-13)14-8-4-2-1-3-5-9-14/h6-7,10-11,14,16H,1-5,8-9,12H2. The first kappa shape index (κ1) is 14.0. The second-order valence-electron chi connectivity index (χ2n) is 5.46. The van der Waals surface area contributed by atoms with Crippen LogP contribution in [0.15, 0.2) is 24.3 Å². The SMILES string of the molecule is Fc1cccc(CC(Br)C2CCCCCCC2)c1. The van der Waals surface area contributed by atoms with Gasteiger partial charge in [0.1, 0.15) is 5.82 Å². The lowest BCUT2D eigenvalue weighted by atomic mass is 9.87. The van der Waals surface area contributed by atoms with E-state index in [4.69, 9.17) is 0 Å². The smallest absolute Gasteiger partial charge is 0.123 e. The fourth-order valence-electron chi connectivity index (χ4n) is 2.91. The second kappa shape index (κ2) is 7.28. The summed E-state index contributed by atoms with van der Waals surface area (Å²) in [6.45, 7) is 0. The van der Waals surface area contributed by atoms with Gasteiger partial charge in [-0.25, -0.2) is 4.39 Å². The minimum atomic E-state index is -0.120. The molecule has 1 aliphatic rings. The number of benzene rings is 1. The van der Waals surface area contributed by atoms with Gasteiger partial charge in [-0.3, -0.25) is 0 Å². The molecular weight excluding hydrogens is 291 g/mol. The average molecular weight is 313 g/mol. The van der Waals surface area contributed by atoms with Crippen LogP contribution in [-0.4, -0.2) is 4.83 Å². The number of hydrogen-bond donors (Lipinski definition) is 0. The van der Waals surface area contributed by atoms with Gasteiger partial charge < -0.3 is 0 Å². The van der Waals surface area contributed by atoms with E-state index in [0.29, 0.717) is 4.83 Å². The Morgan fingerprint density at radius 3 is 2.44 bits per heavy atom. The van der Waals surface area contributed by atoms with E-state index in [1.165, 1.54) is 51.0 Å². The first-order valence-corrected chi connectivity index (χ1v) is 8.06. The van der Waals surface area contributed by atoms with Crippen LogP contribution in [0.25, 0.3) is 0 Å². The normalized spacial score (nSPS) is 20.1. The molecule has 18 heavy (non-hydrogen) atoms. The maximum absolute atomic E-state index is 13.2. The zero-order chi connectivity index (χ0) is 12.8. The van der Waals surface area contributed by atoms with Crippen molar-refractivity contribution in [3.63, 3.8) is 0 Å². The van der Waals surface area contributed by atoms with Crippen LogP contribution in [-0.2, 0) is 6.42 Å². The fraction of sp³-hybridized carbons (Fsp3) is 0.625. The molecule has 1 fully saturated rings. The van der Waals surface area contributed by atoms with Crippen LogP contribution in [0.1, 0.15) is 50.5 Å². The van der Waals surface area contributed by atoms with Crippen LogP contribution in [0, 0.1) is 11.7 Å². The van der Waals surface area contributed by atoms with E-state index in [0.717, 1.165) is 17.9 Å². The first-order chi connectivity index (χ1) is 8.75. The van der Waals surface area contributed by atoms with Gasteiger partial charge in [-0.2, -0.15) is 0 Å². The Morgan fingerprint density at radius 1 is 1.11 bits per heavy atom. The molecule has 0 bridgehead atoms. The van der Waals surface area contributed by atoms with Crippen molar-refractivity contribution in [1.29, 1.82) is 0 Å². The molecule has 0 nitrogen and oxygen atoms in total. The summed E-state index contributed by atoms with van der Waals surface area (Å²) in [5, 5.41) is 0. The van der Waals surface area contributed by atoms with Gasteiger partial charge >= 0.3 is 0 Å². The van der Waals surface area contributed by atoms with Crippen molar-refractivity contribution < 1.29 is 4.39 Å². The lowest BCUT2D eigenvalue weighted by Gasteiger charge is -2.24. The monoisotopic (exact) mass is 312 g/mol. The van der Waals surface area contributed by atoms with Gasteiger partial charge in [-0.05, 0) is 42.9 Å². The van der Waals surface area contributed by atoms with Crippen molar-refractivity contribution >= 4 is 15.9 Å². The zero-order valence-corrected chi connectivity index (χ0v) is 12.5. The van der Waals surface area contributed by atoms with Gasteiger partial charge in [0.15, 0.2) is 0 Å². The molecule has 0 saturated heterocycles. The summed E-state index contributed by atoms with van der Waals surface area (Å²) < 4.78 is 13.2. The summed E-state index contributed by atoms with van der Waals surface area (Å²) in [7, 11) is 0. The van der Waals surface area contributed by atoms with Gasteiger partial charge in [0.25, 0.3) is 0 Å². The molecule has 2 heteroatoms. The number of halogens is 2. The Morgan fingerprint density at radius 2 is 1.78 bits per heavy atom. The van der Waals surface area contributed by atoms with Crippen molar-refractivity contribution in [3.8, 4) is 0 Å². The Kier molecular flexibility index (Phi) is 5.68. The maximum Gasteiger partial charge on any atom is 0.123 e. The maximum atomic E-state index is 13.2. The third-order valence-corrected chi connectivity index (χ3v) is 5.05.